The van der Waals surface area contributed by atoms with Gasteiger partial charge in [-0.1, -0.05) is 29.8 Å². The molecule has 0 atom stereocenters. The Kier molecular flexibility index (Phi) is 6.57. The first kappa shape index (κ1) is 22.7. The monoisotopic (exact) mass is 481 g/mol. The smallest absolute Gasteiger partial charge is 0.338 e. The summed E-state index contributed by atoms with van der Waals surface area (Å²) in [5, 5.41) is 2.68. The van der Waals surface area contributed by atoms with Crippen LogP contribution in [0, 0.1) is 13.8 Å². The average molecular weight is 482 g/mol. The number of oxazole rings is 1. The second kappa shape index (κ2) is 9.56. The molecule has 4 aromatic rings. The number of rotatable bonds is 6. The zero-order valence-electron chi connectivity index (χ0n) is 18.2. The number of amides is 1. The molecule has 168 valence electrons. The van der Waals surface area contributed by atoms with Gasteiger partial charge < -0.3 is 9.15 Å². The van der Waals surface area contributed by atoms with Crippen molar-refractivity contribution < 1.29 is 18.7 Å². The number of benzene rings is 2. The third-order valence-corrected chi connectivity index (χ3v) is 6.02. The van der Waals surface area contributed by atoms with Gasteiger partial charge in [-0.25, -0.2) is 14.8 Å². The van der Waals surface area contributed by atoms with Crippen molar-refractivity contribution in [1.82, 2.24) is 9.97 Å². The number of aromatic nitrogens is 2. The minimum absolute atomic E-state index is 0.0223. The fraction of sp³-hybridized carbons (Fsp3) is 0.167. The van der Waals surface area contributed by atoms with E-state index in [0.717, 1.165) is 16.7 Å². The summed E-state index contributed by atoms with van der Waals surface area (Å²) in [5.74, 6) is -0.0769. The molecule has 2 aromatic carbocycles. The fourth-order valence-electron chi connectivity index (χ4n) is 3.40. The van der Waals surface area contributed by atoms with Gasteiger partial charge in [0.2, 0.25) is 5.91 Å². The molecule has 0 fully saturated rings. The van der Waals surface area contributed by atoms with E-state index in [2.05, 4.69) is 9.97 Å². The predicted molar refractivity (Wildman–Crippen MR) is 127 cm³/mol. The van der Waals surface area contributed by atoms with Crippen LogP contribution in [0.25, 0.3) is 11.3 Å². The Labute approximate surface area is 199 Å². The lowest BCUT2D eigenvalue weighted by atomic mass is 10.1. The van der Waals surface area contributed by atoms with E-state index in [1.165, 1.54) is 29.6 Å². The van der Waals surface area contributed by atoms with Crippen LogP contribution in [0.15, 0.2) is 58.8 Å². The highest BCUT2D eigenvalue weighted by molar-refractivity contribution is 7.14. The number of ether oxygens (including phenoxy) is 1. The van der Waals surface area contributed by atoms with Gasteiger partial charge in [0.15, 0.2) is 17.3 Å². The van der Waals surface area contributed by atoms with Crippen molar-refractivity contribution >= 4 is 45.6 Å². The molecule has 2 heterocycles. The number of halogens is 1. The molecule has 0 bridgehead atoms. The van der Waals surface area contributed by atoms with Crippen LogP contribution in [0.3, 0.4) is 0 Å². The summed E-state index contributed by atoms with van der Waals surface area (Å²) in [6.07, 6.45) is 2.95. The SMILES string of the molecule is CC(=O)N(c1nc(COC(=O)c2ccc(-c3cnco3)cc2)cs1)c1c(C)cc(C)cc1Cl. The highest BCUT2D eigenvalue weighted by atomic mass is 35.5. The van der Waals surface area contributed by atoms with Crippen molar-refractivity contribution in [2.24, 2.45) is 0 Å². The highest BCUT2D eigenvalue weighted by Crippen LogP contribution is 2.37. The van der Waals surface area contributed by atoms with Gasteiger partial charge in [0.1, 0.15) is 6.61 Å². The molecule has 0 radical (unpaired) electrons. The molecule has 0 saturated carbocycles. The van der Waals surface area contributed by atoms with E-state index < -0.39 is 5.97 Å². The molecule has 0 saturated heterocycles. The third-order valence-electron chi connectivity index (χ3n) is 4.86. The number of carbonyl (C=O) groups excluding carboxylic acids is 2. The number of anilines is 2. The van der Waals surface area contributed by atoms with Gasteiger partial charge in [-0.05, 0) is 43.2 Å². The minimum atomic E-state index is -0.477. The second-order valence-corrected chi connectivity index (χ2v) is 8.65. The van der Waals surface area contributed by atoms with Crippen LogP contribution >= 0.6 is 22.9 Å². The first-order chi connectivity index (χ1) is 15.8. The lowest BCUT2D eigenvalue weighted by Gasteiger charge is -2.22. The third kappa shape index (κ3) is 4.97. The van der Waals surface area contributed by atoms with Gasteiger partial charge in [0.25, 0.3) is 0 Å². The molecule has 0 aliphatic heterocycles. The molecule has 2 aromatic heterocycles. The van der Waals surface area contributed by atoms with Gasteiger partial charge in [-0.15, -0.1) is 11.3 Å². The summed E-state index contributed by atoms with van der Waals surface area (Å²) in [6.45, 7) is 5.28. The molecule has 1 amide bonds. The van der Waals surface area contributed by atoms with Crippen molar-refractivity contribution in [2.75, 3.05) is 4.90 Å². The number of thiazole rings is 1. The number of esters is 1. The van der Waals surface area contributed by atoms with Crippen molar-refractivity contribution in [1.29, 1.82) is 0 Å². The predicted octanol–water partition coefficient (Wildman–Crippen LogP) is 6.11. The van der Waals surface area contributed by atoms with Crippen LogP contribution in [0.2, 0.25) is 5.02 Å². The zero-order chi connectivity index (χ0) is 23.5. The van der Waals surface area contributed by atoms with E-state index in [4.69, 9.17) is 20.8 Å². The second-order valence-electron chi connectivity index (χ2n) is 7.41. The van der Waals surface area contributed by atoms with Crippen LogP contribution in [0.1, 0.15) is 34.1 Å². The lowest BCUT2D eigenvalue weighted by molar-refractivity contribution is -0.115. The first-order valence-electron chi connectivity index (χ1n) is 10.0. The van der Waals surface area contributed by atoms with E-state index >= 15 is 0 Å². The van der Waals surface area contributed by atoms with Crippen molar-refractivity contribution in [3.8, 4) is 11.3 Å². The molecule has 7 nitrogen and oxygen atoms in total. The normalized spacial score (nSPS) is 10.8. The molecule has 9 heteroatoms. The molecular weight excluding hydrogens is 462 g/mol. The Morgan fingerprint density at radius 2 is 1.94 bits per heavy atom. The van der Waals surface area contributed by atoms with Gasteiger partial charge in [-0.3, -0.25) is 9.69 Å². The Morgan fingerprint density at radius 3 is 2.58 bits per heavy atom. The summed E-state index contributed by atoms with van der Waals surface area (Å²) in [4.78, 5) is 34.7. The molecule has 4 rings (SSSR count). The summed E-state index contributed by atoms with van der Waals surface area (Å²) < 4.78 is 10.7. The first-order valence-corrected chi connectivity index (χ1v) is 11.3. The number of hydrogen-bond donors (Lipinski definition) is 0. The fourth-order valence-corrected chi connectivity index (χ4v) is 4.66. The van der Waals surface area contributed by atoms with E-state index in [1.807, 2.05) is 26.0 Å². The molecule has 0 unspecified atom stereocenters. The number of nitrogens with zero attached hydrogens (tertiary/aromatic N) is 3. The molecule has 33 heavy (non-hydrogen) atoms. The van der Waals surface area contributed by atoms with E-state index in [-0.39, 0.29) is 12.5 Å². The topological polar surface area (TPSA) is 85.5 Å². The van der Waals surface area contributed by atoms with Gasteiger partial charge in [0.05, 0.1) is 28.2 Å². The van der Waals surface area contributed by atoms with Crippen LogP contribution < -0.4 is 4.90 Å². The van der Waals surface area contributed by atoms with Gasteiger partial charge in [-0.2, -0.15) is 0 Å². The standard InChI is InChI=1S/C24H20ClN3O4S/c1-14-8-15(2)22(20(25)9-14)28(16(3)29)24-27-19(12-33-24)11-31-23(30)18-6-4-17(5-7-18)21-10-26-13-32-21/h4-10,12-13H,11H2,1-3H3. The molecule has 0 aliphatic rings. The number of hydrogen-bond acceptors (Lipinski definition) is 7. The Bertz CT molecular complexity index is 1280. The van der Waals surface area contributed by atoms with Crippen molar-refractivity contribution in [2.45, 2.75) is 27.4 Å². The van der Waals surface area contributed by atoms with Crippen LogP contribution in [0.4, 0.5) is 10.8 Å². The van der Waals surface area contributed by atoms with Crippen LogP contribution in [-0.4, -0.2) is 21.8 Å². The Balaban J connectivity index is 1.47. The average Bonchev–Trinajstić information content (AvgIpc) is 3.46. The summed E-state index contributed by atoms with van der Waals surface area (Å²) in [5.41, 5.74) is 4.22. The van der Waals surface area contributed by atoms with Crippen LogP contribution in [-0.2, 0) is 16.1 Å². The Morgan fingerprint density at radius 1 is 1.18 bits per heavy atom. The maximum atomic E-state index is 12.4. The van der Waals surface area contributed by atoms with E-state index in [0.29, 0.717) is 32.9 Å². The molecule has 0 aliphatic carbocycles. The van der Waals surface area contributed by atoms with Gasteiger partial charge >= 0.3 is 5.97 Å². The van der Waals surface area contributed by atoms with Crippen molar-refractivity contribution in [3.63, 3.8) is 0 Å². The number of aryl methyl sites for hydroxylation is 2. The highest BCUT2D eigenvalue weighted by Gasteiger charge is 2.23. The molecule has 0 N–H and O–H groups in total. The maximum absolute atomic E-state index is 12.4. The van der Waals surface area contributed by atoms with E-state index in [9.17, 15) is 9.59 Å². The van der Waals surface area contributed by atoms with Crippen molar-refractivity contribution in [3.05, 3.63) is 81.8 Å². The van der Waals surface area contributed by atoms with Gasteiger partial charge in [0, 0.05) is 17.9 Å². The summed E-state index contributed by atoms with van der Waals surface area (Å²) in [6, 6.07) is 10.6. The summed E-state index contributed by atoms with van der Waals surface area (Å²) >= 11 is 7.73. The molecular formula is C24H20ClN3O4S. The quantitative estimate of drug-likeness (QED) is 0.309. The largest absolute Gasteiger partial charge is 0.456 e. The lowest BCUT2D eigenvalue weighted by Crippen LogP contribution is -2.24. The zero-order valence-corrected chi connectivity index (χ0v) is 19.7. The molecule has 0 spiro atoms. The van der Waals surface area contributed by atoms with Crippen LogP contribution in [0.5, 0.6) is 0 Å². The summed E-state index contributed by atoms with van der Waals surface area (Å²) in [7, 11) is 0. The Hall–Kier alpha value is -3.49. The minimum Gasteiger partial charge on any atom is -0.456 e. The number of carbonyl (C=O) groups is 2. The maximum Gasteiger partial charge on any atom is 0.338 e. The van der Waals surface area contributed by atoms with E-state index in [1.54, 1.807) is 35.8 Å².